The number of unbranched alkanes of at least 4 members (excludes halogenated alkanes) is 1. The molecule has 0 amide bonds. The molecule has 4 aromatic rings. The molecule has 0 fully saturated rings. The fraction of sp³-hybridized carbons (Fsp3) is 0.367. The van der Waals surface area contributed by atoms with E-state index in [4.69, 9.17) is 0 Å². The number of Topliss-reactive ketones (excluding diaryl/α,β-unsaturated/α-hetero) is 1. The molecule has 0 bridgehead atoms. The molecule has 0 unspecified atom stereocenters. The highest BCUT2D eigenvalue weighted by molar-refractivity contribution is 7.89. The second-order valence-corrected chi connectivity index (χ2v) is 12.7. The second-order valence-electron chi connectivity index (χ2n) is 11.1. The lowest BCUT2D eigenvalue weighted by molar-refractivity contribution is -0.117. The summed E-state index contributed by atoms with van der Waals surface area (Å²) in [6.45, 7) is 8.74. The van der Waals surface area contributed by atoms with Crippen molar-refractivity contribution in [2.75, 3.05) is 0 Å². The number of aromatic nitrogens is 3. The van der Waals surface area contributed by atoms with Crippen LogP contribution >= 0.6 is 0 Å². The number of nitrogens with one attached hydrogen (secondary N) is 1. The fourth-order valence-corrected chi connectivity index (χ4v) is 6.35. The molecule has 4 rings (SSSR count). The van der Waals surface area contributed by atoms with Gasteiger partial charge < -0.3 is 9.13 Å². The van der Waals surface area contributed by atoms with Crippen LogP contribution in [0.1, 0.15) is 58.8 Å². The van der Waals surface area contributed by atoms with Gasteiger partial charge in [-0.15, -0.1) is 0 Å². The van der Waals surface area contributed by atoms with Crippen molar-refractivity contribution < 1.29 is 17.6 Å². The maximum atomic E-state index is 15.6. The van der Waals surface area contributed by atoms with Gasteiger partial charge in [0.15, 0.2) is 0 Å². The number of ketones is 1. The first-order valence-electron chi connectivity index (χ1n) is 13.3. The van der Waals surface area contributed by atoms with Gasteiger partial charge in [-0.2, -0.15) is 0 Å². The number of fused-ring (bicyclic) bond motifs is 1. The van der Waals surface area contributed by atoms with Gasteiger partial charge in [-0.3, -0.25) is 9.59 Å². The zero-order valence-corrected chi connectivity index (χ0v) is 24.3. The van der Waals surface area contributed by atoms with Crippen LogP contribution in [-0.2, 0) is 34.3 Å². The van der Waals surface area contributed by atoms with E-state index in [2.05, 4.69) is 16.6 Å². The number of hydrogen-bond donors (Lipinski definition) is 1. The molecule has 8 nitrogen and oxygen atoms in total. The molecule has 2 aromatic heterocycles. The standard InChI is InChI=1S/C30H35FN4O4S/c1-6-7-12-27-32-25-15-16-34(18-20(2)36)29(37)28(25)35(27)19-22-14-13-21(17-24(22)31)23-10-8-9-11-26(23)40(38,39)33-30(3,4)5/h8-11,13-17,33H,6-7,12,18-19H2,1-5H3. The molecule has 2 heterocycles. The molecule has 1 N–H and O–H groups in total. The topological polar surface area (TPSA) is 103 Å². The van der Waals surface area contributed by atoms with Gasteiger partial charge in [0, 0.05) is 29.3 Å². The monoisotopic (exact) mass is 566 g/mol. The summed E-state index contributed by atoms with van der Waals surface area (Å²) in [4.78, 5) is 29.7. The minimum absolute atomic E-state index is 0.0559. The average Bonchev–Trinajstić information content (AvgIpc) is 3.21. The van der Waals surface area contributed by atoms with Crippen LogP contribution in [0, 0.1) is 5.82 Å². The van der Waals surface area contributed by atoms with Crippen LogP contribution in [0.2, 0.25) is 0 Å². The summed E-state index contributed by atoms with van der Waals surface area (Å²) >= 11 is 0. The van der Waals surface area contributed by atoms with Crippen LogP contribution in [0.3, 0.4) is 0 Å². The maximum Gasteiger partial charge on any atom is 0.277 e. The van der Waals surface area contributed by atoms with E-state index in [0.717, 1.165) is 12.8 Å². The lowest BCUT2D eigenvalue weighted by atomic mass is 10.0. The number of nitrogens with zero attached hydrogens (tertiary/aromatic N) is 3. The Kier molecular flexibility index (Phi) is 8.41. The van der Waals surface area contributed by atoms with Gasteiger partial charge in [-0.05, 0) is 57.9 Å². The number of imidazole rings is 1. The normalized spacial score (nSPS) is 12.2. The Labute approximate surface area is 233 Å². The quantitative estimate of drug-likeness (QED) is 0.289. The summed E-state index contributed by atoms with van der Waals surface area (Å²) in [7, 11) is -3.86. The third kappa shape index (κ3) is 6.39. The van der Waals surface area contributed by atoms with Crippen LogP contribution in [0.4, 0.5) is 4.39 Å². The minimum atomic E-state index is -3.86. The number of hydrogen-bond acceptors (Lipinski definition) is 5. The lowest BCUT2D eigenvalue weighted by Gasteiger charge is -2.21. The van der Waals surface area contributed by atoms with Crippen LogP contribution < -0.4 is 10.3 Å². The second kappa shape index (κ2) is 11.5. The summed E-state index contributed by atoms with van der Waals surface area (Å²) in [5.74, 6) is -0.0141. The SMILES string of the molecule is CCCCc1nc2ccn(CC(C)=O)c(=O)c2n1Cc1ccc(-c2ccccc2S(=O)(=O)NC(C)(C)C)cc1F. The van der Waals surface area contributed by atoms with Gasteiger partial charge in [-0.1, -0.05) is 43.7 Å². The first kappa shape index (κ1) is 29.4. The summed E-state index contributed by atoms with van der Waals surface area (Å²) in [5.41, 5.74) is 0.907. The fourth-order valence-electron chi connectivity index (χ4n) is 4.70. The smallest absolute Gasteiger partial charge is 0.277 e. The van der Waals surface area contributed by atoms with Crippen molar-refractivity contribution >= 4 is 26.8 Å². The van der Waals surface area contributed by atoms with Crippen molar-refractivity contribution in [3.05, 3.63) is 82.3 Å². The summed E-state index contributed by atoms with van der Waals surface area (Å²) in [6.07, 6.45) is 3.94. The predicted molar refractivity (Wildman–Crippen MR) is 154 cm³/mol. The molecule has 0 aliphatic carbocycles. The Hall–Kier alpha value is -3.63. The highest BCUT2D eigenvalue weighted by Gasteiger charge is 2.25. The predicted octanol–water partition coefficient (Wildman–Crippen LogP) is 5.06. The molecule has 0 aliphatic heterocycles. The number of benzene rings is 2. The minimum Gasteiger partial charge on any atom is -0.319 e. The average molecular weight is 567 g/mol. The van der Waals surface area contributed by atoms with Gasteiger partial charge >= 0.3 is 0 Å². The van der Waals surface area contributed by atoms with Crippen molar-refractivity contribution in [2.45, 2.75) is 77.4 Å². The van der Waals surface area contributed by atoms with E-state index in [9.17, 15) is 18.0 Å². The first-order valence-corrected chi connectivity index (χ1v) is 14.8. The third-order valence-corrected chi connectivity index (χ3v) is 8.22. The largest absolute Gasteiger partial charge is 0.319 e. The Balaban J connectivity index is 1.77. The molecule has 0 saturated carbocycles. The van der Waals surface area contributed by atoms with E-state index in [0.29, 0.717) is 40.0 Å². The zero-order valence-electron chi connectivity index (χ0n) is 23.5. The van der Waals surface area contributed by atoms with E-state index < -0.39 is 21.4 Å². The highest BCUT2D eigenvalue weighted by Crippen LogP contribution is 2.30. The number of aryl methyl sites for hydroxylation is 1. The molecular formula is C30H35FN4O4S. The Bertz CT molecular complexity index is 1730. The summed E-state index contributed by atoms with van der Waals surface area (Å²) in [6, 6.07) is 12.8. The Morgan fingerprint density at radius 1 is 1.10 bits per heavy atom. The molecule has 40 heavy (non-hydrogen) atoms. The summed E-state index contributed by atoms with van der Waals surface area (Å²) < 4.78 is 47.6. The van der Waals surface area contributed by atoms with E-state index in [1.54, 1.807) is 67.9 Å². The number of halogens is 1. The van der Waals surface area contributed by atoms with Crippen molar-refractivity contribution in [3.63, 3.8) is 0 Å². The molecule has 0 radical (unpaired) electrons. The van der Waals surface area contributed by atoms with Crippen LogP contribution in [0.25, 0.3) is 22.2 Å². The van der Waals surface area contributed by atoms with E-state index in [1.165, 1.54) is 23.6 Å². The van der Waals surface area contributed by atoms with Crippen molar-refractivity contribution in [2.24, 2.45) is 0 Å². The van der Waals surface area contributed by atoms with Gasteiger partial charge in [0.05, 0.1) is 23.5 Å². The van der Waals surface area contributed by atoms with Gasteiger partial charge in [0.2, 0.25) is 10.0 Å². The first-order chi connectivity index (χ1) is 18.8. The molecule has 2 aromatic carbocycles. The van der Waals surface area contributed by atoms with Crippen LogP contribution in [-0.4, -0.2) is 33.9 Å². The van der Waals surface area contributed by atoms with E-state index >= 15 is 4.39 Å². The number of sulfonamides is 1. The van der Waals surface area contributed by atoms with E-state index in [1.807, 2.05) is 0 Å². The molecule has 0 spiro atoms. The highest BCUT2D eigenvalue weighted by atomic mass is 32.2. The third-order valence-electron chi connectivity index (χ3n) is 6.41. The molecule has 0 saturated heterocycles. The Morgan fingerprint density at radius 3 is 2.48 bits per heavy atom. The van der Waals surface area contributed by atoms with Gasteiger partial charge in [0.1, 0.15) is 22.9 Å². The molecule has 0 aliphatic rings. The van der Waals surface area contributed by atoms with E-state index in [-0.39, 0.29) is 29.3 Å². The zero-order chi connectivity index (χ0) is 29.2. The van der Waals surface area contributed by atoms with Crippen molar-refractivity contribution in [1.29, 1.82) is 0 Å². The molecule has 10 heteroatoms. The van der Waals surface area contributed by atoms with Gasteiger partial charge in [-0.25, -0.2) is 22.5 Å². The van der Waals surface area contributed by atoms with Gasteiger partial charge in [0.25, 0.3) is 5.56 Å². The molecule has 212 valence electrons. The van der Waals surface area contributed by atoms with Crippen molar-refractivity contribution in [1.82, 2.24) is 18.8 Å². The summed E-state index contributed by atoms with van der Waals surface area (Å²) in [5, 5.41) is 0. The number of pyridine rings is 1. The maximum absolute atomic E-state index is 15.6. The van der Waals surface area contributed by atoms with Crippen molar-refractivity contribution in [3.8, 4) is 11.1 Å². The number of carbonyl (C=O) groups is 1. The number of carbonyl (C=O) groups excluding carboxylic acids is 1. The molecule has 0 atom stereocenters. The Morgan fingerprint density at radius 2 is 1.82 bits per heavy atom. The molecular weight excluding hydrogens is 531 g/mol. The number of rotatable bonds is 10. The van der Waals surface area contributed by atoms with Crippen LogP contribution in [0.5, 0.6) is 0 Å². The van der Waals surface area contributed by atoms with Crippen LogP contribution in [0.15, 0.2) is 64.4 Å². The lowest BCUT2D eigenvalue weighted by Crippen LogP contribution is -2.40.